The average molecular weight is 856 g/mol. The van der Waals surface area contributed by atoms with E-state index in [1.54, 1.807) is 62.6 Å². The Morgan fingerprint density at radius 3 is 1.26 bits per heavy atom. The first kappa shape index (κ1) is 42.6. The molecule has 4 aromatic carbocycles. The first-order valence-corrected chi connectivity index (χ1v) is 18.4. The molecule has 0 aliphatic carbocycles. The molecule has 0 aliphatic heterocycles. The normalized spacial score (nSPS) is 10.9. The summed E-state index contributed by atoms with van der Waals surface area (Å²) < 4.78 is 2.83. The standard InChI is InChI=1S/2C23H18N4O3.Co/c2*1-15-19(22(28)27(26-15)17-7-3-2-4-8-17)14-25-21-11-10-16(13-18(21)23(29)30)20-9-5-6-12-24-20;/h2*2-14,28H,1H3,(H,29,30);. The fourth-order valence-corrected chi connectivity index (χ4v) is 6.15. The van der Waals surface area contributed by atoms with Crippen LogP contribution in [0.3, 0.4) is 0 Å². The van der Waals surface area contributed by atoms with Crippen molar-refractivity contribution in [2.24, 2.45) is 9.98 Å². The van der Waals surface area contributed by atoms with Crippen LogP contribution in [0, 0.1) is 13.8 Å². The van der Waals surface area contributed by atoms with Crippen molar-refractivity contribution in [3.05, 3.63) is 179 Å². The maximum absolute atomic E-state index is 11.8. The number of aromatic carboxylic acids is 2. The maximum atomic E-state index is 11.8. The SMILES string of the molecule is Cc1nn(-c2ccccc2)c(O)c1C=Nc1ccc(-c2ccccn2)cc1C(=O)O.Cc1nn(-c2ccccc2)c(O)c1C=Nc1ccc(-c2ccccn2)cc1C(=O)O.[Co]. The second-order valence-electron chi connectivity index (χ2n) is 13.2. The second kappa shape index (κ2) is 19.2. The Morgan fingerprint density at radius 1 is 0.541 bits per heavy atom. The van der Waals surface area contributed by atoms with Gasteiger partial charge in [0, 0.05) is 52.7 Å². The van der Waals surface area contributed by atoms with Crippen LogP contribution in [0.25, 0.3) is 33.9 Å². The molecule has 15 heteroatoms. The Hall–Kier alpha value is -8.01. The van der Waals surface area contributed by atoms with Gasteiger partial charge in [-0.25, -0.2) is 19.0 Å². The minimum atomic E-state index is -1.10. The Balaban J connectivity index is 0.000000201. The fourth-order valence-electron chi connectivity index (χ4n) is 6.15. The molecule has 0 fully saturated rings. The fraction of sp³-hybridized carbons (Fsp3) is 0.0435. The van der Waals surface area contributed by atoms with E-state index in [1.165, 1.54) is 33.9 Å². The Morgan fingerprint density at radius 2 is 0.918 bits per heavy atom. The minimum absolute atomic E-state index is 0. The van der Waals surface area contributed by atoms with Crippen molar-refractivity contribution in [1.29, 1.82) is 0 Å². The summed E-state index contributed by atoms with van der Waals surface area (Å²) in [6, 6.07) is 39.2. The maximum Gasteiger partial charge on any atom is 0.337 e. The quantitative estimate of drug-likeness (QED) is 0.0964. The Labute approximate surface area is 359 Å². The number of aromatic nitrogens is 6. The minimum Gasteiger partial charge on any atom is -0.493 e. The third-order valence-corrected chi connectivity index (χ3v) is 9.20. The van der Waals surface area contributed by atoms with E-state index in [1.807, 2.05) is 84.9 Å². The molecule has 61 heavy (non-hydrogen) atoms. The Kier molecular flexibility index (Phi) is 13.4. The molecule has 0 spiro atoms. The van der Waals surface area contributed by atoms with E-state index in [2.05, 4.69) is 30.2 Å². The van der Waals surface area contributed by atoms with Gasteiger partial charge in [0.25, 0.3) is 0 Å². The van der Waals surface area contributed by atoms with E-state index >= 15 is 0 Å². The number of pyridine rings is 2. The third kappa shape index (κ3) is 9.66. The molecule has 4 N–H and O–H groups in total. The molecule has 4 heterocycles. The van der Waals surface area contributed by atoms with Crippen molar-refractivity contribution >= 4 is 35.7 Å². The van der Waals surface area contributed by atoms with Crippen molar-refractivity contribution < 1.29 is 46.8 Å². The van der Waals surface area contributed by atoms with E-state index < -0.39 is 11.9 Å². The van der Waals surface area contributed by atoms with Crippen LogP contribution in [-0.4, -0.2) is 74.3 Å². The Bertz CT molecular complexity index is 2670. The number of hydrogen-bond donors (Lipinski definition) is 4. The molecule has 14 nitrogen and oxygen atoms in total. The number of aryl methyl sites for hydroxylation is 2. The number of aliphatic imine (C=N–C) groups is 2. The number of carboxylic acids is 2. The second-order valence-corrected chi connectivity index (χ2v) is 13.2. The monoisotopic (exact) mass is 855 g/mol. The van der Waals surface area contributed by atoms with E-state index in [0.29, 0.717) is 56.4 Å². The third-order valence-electron chi connectivity index (χ3n) is 9.20. The number of hydrogen-bond acceptors (Lipinski definition) is 10. The predicted octanol–water partition coefficient (Wildman–Crippen LogP) is 8.79. The number of benzene rings is 4. The number of para-hydroxylation sites is 2. The summed E-state index contributed by atoms with van der Waals surface area (Å²) in [4.78, 5) is 40.7. The molecule has 0 amide bonds. The molecular weight excluding hydrogens is 819 g/mol. The molecule has 305 valence electrons. The average Bonchev–Trinajstić information content (AvgIpc) is 3.74. The number of carboxylic acid groups (broad SMARTS) is 2. The van der Waals surface area contributed by atoms with Crippen LogP contribution < -0.4 is 0 Å². The summed E-state index contributed by atoms with van der Waals surface area (Å²) in [7, 11) is 0. The summed E-state index contributed by atoms with van der Waals surface area (Å²) in [6.07, 6.45) is 6.16. The van der Waals surface area contributed by atoms with Crippen LogP contribution in [0.15, 0.2) is 156 Å². The number of rotatable bonds is 10. The summed E-state index contributed by atoms with van der Waals surface area (Å²) in [5.41, 5.74) is 6.75. The van der Waals surface area contributed by atoms with Gasteiger partial charge in [0.05, 0.1) is 67.8 Å². The molecule has 0 unspecified atom stereocenters. The molecule has 1 radical (unpaired) electrons. The van der Waals surface area contributed by atoms with Crippen molar-refractivity contribution in [1.82, 2.24) is 29.5 Å². The summed E-state index contributed by atoms with van der Waals surface area (Å²) >= 11 is 0. The zero-order valence-corrected chi connectivity index (χ0v) is 33.6. The van der Waals surface area contributed by atoms with Crippen molar-refractivity contribution in [2.75, 3.05) is 0 Å². The van der Waals surface area contributed by atoms with E-state index in [4.69, 9.17) is 0 Å². The molecule has 0 saturated carbocycles. The smallest absolute Gasteiger partial charge is 0.337 e. The molecule has 0 atom stereocenters. The van der Waals surface area contributed by atoms with E-state index in [0.717, 1.165) is 0 Å². The van der Waals surface area contributed by atoms with Gasteiger partial charge in [-0.3, -0.25) is 20.0 Å². The topological polar surface area (TPSA) is 201 Å². The van der Waals surface area contributed by atoms with Gasteiger partial charge in [-0.15, -0.1) is 0 Å². The first-order valence-electron chi connectivity index (χ1n) is 18.4. The number of aromatic hydroxyl groups is 2. The summed E-state index contributed by atoms with van der Waals surface area (Å²) in [5.74, 6) is -2.32. The van der Waals surface area contributed by atoms with Crippen molar-refractivity contribution in [2.45, 2.75) is 13.8 Å². The molecule has 4 aromatic heterocycles. The van der Waals surface area contributed by atoms with Gasteiger partial charge in [-0.1, -0.05) is 60.7 Å². The molecule has 8 rings (SSSR count). The molecule has 0 aliphatic rings. The van der Waals surface area contributed by atoms with Crippen molar-refractivity contribution in [3.8, 4) is 45.6 Å². The molecule has 0 saturated heterocycles. The van der Waals surface area contributed by atoms with E-state index in [9.17, 15) is 30.0 Å². The molecule has 8 aromatic rings. The van der Waals surface area contributed by atoms with Gasteiger partial charge in [0.2, 0.25) is 11.8 Å². The van der Waals surface area contributed by atoms with Crippen LogP contribution in [0.5, 0.6) is 11.8 Å². The van der Waals surface area contributed by atoms with Crippen LogP contribution in [-0.2, 0) is 16.8 Å². The van der Waals surface area contributed by atoms with Crippen LogP contribution in [0.4, 0.5) is 11.4 Å². The molecular formula is C46H36CoN8O6. The van der Waals surface area contributed by atoms with Gasteiger partial charge in [0.15, 0.2) is 0 Å². The molecule has 0 bridgehead atoms. The van der Waals surface area contributed by atoms with Crippen LogP contribution >= 0.6 is 0 Å². The zero-order valence-electron chi connectivity index (χ0n) is 32.5. The van der Waals surface area contributed by atoms with E-state index in [-0.39, 0.29) is 51.0 Å². The van der Waals surface area contributed by atoms with Gasteiger partial charge >= 0.3 is 11.9 Å². The van der Waals surface area contributed by atoms with Crippen molar-refractivity contribution in [3.63, 3.8) is 0 Å². The summed E-state index contributed by atoms with van der Waals surface area (Å²) in [5, 5.41) is 49.2. The number of nitrogens with zero attached hydrogens (tertiary/aromatic N) is 8. The first-order chi connectivity index (χ1) is 29.1. The predicted molar refractivity (Wildman–Crippen MR) is 228 cm³/mol. The largest absolute Gasteiger partial charge is 0.493 e. The van der Waals surface area contributed by atoms with Crippen LogP contribution in [0.2, 0.25) is 0 Å². The van der Waals surface area contributed by atoms with Gasteiger partial charge in [-0.2, -0.15) is 10.2 Å². The zero-order chi connectivity index (χ0) is 42.2. The van der Waals surface area contributed by atoms with Gasteiger partial charge < -0.3 is 20.4 Å². The van der Waals surface area contributed by atoms with Gasteiger partial charge in [-0.05, 0) is 86.6 Å². The van der Waals surface area contributed by atoms with Crippen LogP contribution in [0.1, 0.15) is 43.2 Å². The van der Waals surface area contributed by atoms with Gasteiger partial charge in [0.1, 0.15) is 0 Å². The summed E-state index contributed by atoms with van der Waals surface area (Å²) in [6.45, 7) is 3.51. The number of carbonyl (C=O) groups is 2.